The van der Waals surface area contributed by atoms with Crippen molar-refractivity contribution in [1.29, 1.82) is 0 Å². The van der Waals surface area contributed by atoms with Crippen LogP contribution in [-0.2, 0) is 34.2 Å². The lowest BCUT2D eigenvalue weighted by Crippen LogP contribution is -2.57. The number of benzene rings is 2. The van der Waals surface area contributed by atoms with Gasteiger partial charge in [-0.25, -0.2) is 17.5 Å². The number of aryl methyl sites for hydroxylation is 1. The summed E-state index contributed by atoms with van der Waals surface area (Å²) < 4.78 is 43.4. The first-order chi connectivity index (χ1) is 19.4. The summed E-state index contributed by atoms with van der Waals surface area (Å²) in [6, 6.07) is 14.0. The fourth-order valence-electron chi connectivity index (χ4n) is 6.19. The lowest BCUT2D eigenvalue weighted by atomic mass is 9.86. The van der Waals surface area contributed by atoms with Gasteiger partial charge in [-0.1, -0.05) is 41.6 Å². The van der Waals surface area contributed by atoms with E-state index in [0.29, 0.717) is 18.5 Å². The number of alkyl halides is 1. The number of nitrogens with one attached hydrogen (secondary N) is 1. The Kier molecular flexibility index (Phi) is 7.69. The third-order valence-electron chi connectivity index (χ3n) is 8.32. The molecule has 2 saturated heterocycles. The number of carbonyl (C=O) groups is 1. The number of fused-ring (bicyclic) bond motifs is 1. The van der Waals surface area contributed by atoms with E-state index < -0.39 is 22.2 Å². The van der Waals surface area contributed by atoms with Crippen molar-refractivity contribution in [3.63, 3.8) is 0 Å². The van der Waals surface area contributed by atoms with Crippen LogP contribution >= 0.6 is 0 Å². The molecule has 9 nitrogen and oxygen atoms in total. The van der Waals surface area contributed by atoms with Crippen LogP contribution in [0.1, 0.15) is 54.1 Å². The number of aromatic nitrogens is 3. The summed E-state index contributed by atoms with van der Waals surface area (Å²) in [7, 11) is -3.84. The maximum atomic E-state index is 13.5. The molecule has 2 fully saturated rings. The maximum Gasteiger partial charge on any atom is 0.243 e. The average molecular weight is 567 g/mol. The van der Waals surface area contributed by atoms with Gasteiger partial charge in [0.2, 0.25) is 15.9 Å². The van der Waals surface area contributed by atoms with Gasteiger partial charge in [-0.05, 0) is 60.9 Å². The monoisotopic (exact) mass is 566 g/mol. The number of carbonyl (C=O) groups excluding carboxylic acids is 1. The van der Waals surface area contributed by atoms with Gasteiger partial charge >= 0.3 is 0 Å². The first kappa shape index (κ1) is 27.0. The Balaban J connectivity index is 1.18. The first-order valence-electron chi connectivity index (χ1n) is 14.1. The van der Waals surface area contributed by atoms with Crippen molar-refractivity contribution < 1.29 is 17.6 Å². The lowest BCUT2D eigenvalue weighted by molar-refractivity contribution is -0.126. The van der Waals surface area contributed by atoms with Crippen molar-refractivity contribution >= 4 is 15.9 Å². The highest BCUT2D eigenvalue weighted by Gasteiger charge is 2.39. The number of amides is 1. The van der Waals surface area contributed by atoms with Crippen molar-refractivity contribution in [2.24, 2.45) is 0 Å². The highest BCUT2D eigenvalue weighted by atomic mass is 32.2. The van der Waals surface area contributed by atoms with Gasteiger partial charge < -0.3 is 5.32 Å². The molecule has 3 aliphatic rings. The minimum Gasteiger partial charge on any atom is -0.353 e. The standard InChI is InChI=1S/C29H35FN6O3S/c30-23-11-14-34(15-12-23)19-21-9-10-26-22(17-21)5-4-8-27(26)35-20-24(32-33-35)18-28-29(37)31-13-16-36(28)40(38,39)25-6-2-1-3-7-25/h1-3,6-7,9-10,17,20,23,27-28H,4-5,8,11-16,18-19H2,(H,31,37)/t27-,28?/m1/s1. The number of likely N-dealkylation sites (tertiary alicyclic amines) is 1. The minimum absolute atomic E-state index is 0.0330. The van der Waals surface area contributed by atoms with E-state index >= 15 is 0 Å². The highest BCUT2D eigenvalue weighted by molar-refractivity contribution is 7.89. The molecule has 212 valence electrons. The molecule has 1 unspecified atom stereocenters. The van der Waals surface area contributed by atoms with E-state index in [1.165, 1.54) is 21.0 Å². The predicted molar refractivity (Wildman–Crippen MR) is 148 cm³/mol. The number of halogens is 1. The van der Waals surface area contributed by atoms with Crippen LogP contribution in [0.4, 0.5) is 4.39 Å². The number of sulfonamides is 1. The third-order valence-corrected chi connectivity index (χ3v) is 10.2. The van der Waals surface area contributed by atoms with Crippen LogP contribution in [0.25, 0.3) is 0 Å². The van der Waals surface area contributed by atoms with Gasteiger partial charge in [0.1, 0.15) is 12.2 Å². The van der Waals surface area contributed by atoms with E-state index in [9.17, 15) is 17.6 Å². The number of hydrogen-bond donors (Lipinski definition) is 1. The van der Waals surface area contributed by atoms with E-state index in [4.69, 9.17) is 0 Å². The molecular weight excluding hydrogens is 531 g/mol. The quantitative estimate of drug-likeness (QED) is 0.472. The topological polar surface area (TPSA) is 100 Å². The van der Waals surface area contributed by atoms with Gasteiger partial charge in [0.25, 0.3) is 0 Å². The Morgan fingerprint density at radius 1 is 1.02 bits per heavy atom. The molecule has 1 aliphatic carbocycles. The molecule has 1 aromatic heterocycles. The Bertz CT molecular complexity index is 1460. The van der Waals surface area contributed by atoms with Gasteiger partial charge in [-0.2, -0.15) is 4.31 Å². The number of piperidine rings is 1. The molecule has 1 N–H and O–H groups in total. The van der Waals surface area contributed by atoms with Gasteiger partial charge in [0.05, 0.1) is 16.6 Å². The largest absolute Gasteiger partial charge is 0.353 e. The van der Waals surface area contributed by atoms with E-state index in [1.807, 2.05) is 10.9 Å². The normalized spacial score (nSPS) is 23.1. The van der Waals surface area contributed by atoms with Crippen LogP contribution in [0.5, 0.6) is 0 Å². The van der Waals surface area contributed by atoms with Crippen molar-refractivity contribution in [2.45, 2.75) is 68.2 Å². The minimum atomic E-state index is -3.84. The van der Waals surface area contributed by atoms with E-state index in [2.05, 4.69) is 38.7 Å². The Morgan fingerprint density at radius 2 is 1.82 bits per heavy atom. The second-order valence-corrected chi connectivity index (χ2v) is 12.9. The zero-order valence-corrected chi connectivity index (χ0v) is 23.3. The SMILES string of the molecule is O=C1NCCN(S(=O)(=O)c2ccccc2)C1Cc1cn([C@@H]2CCCc3cc(CN4CCC(F)CC4)ccc32)nn1. The lowest BCUT2D eigenvalue weighted by Gasteiger charge is -2.33. The van der Waals surface area contributed by atoms with E-state index in [1.54, 1.807) is 30.3 Å². The predicted octanol–water partition coefficient (Wildman–Crippen LogP) is 2.87. The Morgan fingerprint density at radius 3 is 2.62 bits per heavy atom. The summed E-state index contributed by atoms with van der Waals surface area (Å²) in [5.74, 6) is -0.327. The smallest absolute Gasteiger partial charge is 0.243 e. The molecule has 0 bridgehead atoms. The summed E-state index contributed by atoms with van der Waals surface area (Å²) in [6.45, 7) is 2.90. The summed E-state index contributed by atoms with van der Waals surface area (Å²) in [4.78, 5) is 15.3. The number of nitrogens with zero attached hydrogens (tertiary/aromatic N) is 5. The fraction of sp³-hybridized carbons (Fsp3) is 0.483. The van der Waals surface area contributed by atoms with E-state index in [-0.39, 0.29) is 36.4 Å². The van der Waals surface area contributed by atoms with Crippen molar-refractivity contribution in [3.8, 4) is 0 Å². The molecule has 1 amide bonds. The van der Waals surface area contributed by atoms with Crippen LogP contribution in [0, 0.1) is 0 Å². The summed E-state index contributed by atoms with van der Waals surface area (Å²) in [6.07, 6.45) is 5.50. The summed E-state index contributed by atoms with van der Waals surface area (Å²) in [5, 5.41) is 11.6. The average Bonchev–Trinajstić information content (AvgIpc) is 3.44. The Labute approximate surface area is 234 Å². The van der Waals surface area contributed by atoms with Crippen LogP contribution in [0.15, 0.2) is 59.6 Å². The maximum absolute atomic E-state index is 13.5. The zero-order valence-electron chi connectivity index (χ0n) is 22.5. The molecule has 2 aromatic carbocycles. The van der Waals surface area contributed by atoms with Gasteiger partial charge in [0, 0.05) is 45.3 Å². The third kappa shape index (κ3) is 5.55. The van der Waals surface area contributed by atoms with Crippen LogP contribution < -0.4 is 5.32 Å². The zero-order chi connectivity index (χ0) is 27.7. The van der Waals surface area contributed by atoms with Crippen LogP contribution in [0.3, 0.4) is 0 Å². The number of rotatable bonds is 7. The molecule has 11 heteroatoms. The summed E-state index contributed by atoms with van der Waals surface area (Å²) >= 11 is 0. The molecule has 0 spiro atoms. The van der Waals surface area contributed by atoms with Crippen molar-refractivity contribution in [1.82, 2.24) is 29.5 Å². The first-order valence-corrected chi connectivity index (χ1v) is 15.6. The molecule has 2 aliphatic heterocycles. The molecule has 0 radical (unpaired) electrons. The second kappa shape index (κ2) is 11.4. The van der Waals surface area contributed by atoms with Crippen LogP contribution in [-0.4, -0.2) is 76.9 Å². The highest BCUT2D eigenvalue weighted by Crippen LogP contribution is 2.34. The number of hydrogen-bond acceptors (Lipinski definition) is 6. The van der Waals surface area contributed by atoms with Gasteiger partial charge in [0.15, 0.2) is 0 Å². The molecule has 3 heterocycles. The van der Waals surface area contributed by atoms with Crippen molar-refractivity contribution in [3.05, 3.63) is 77.1 Å². The number of piperazine rings is 1. The second-order valence-electron chi connectivity index (χ2n) is 11.0. The molecular formula is C29H35FN6O3S. The molecule has 3 aromatic rings. The summed E-state index contributed by atoms with van der Waals surface area (Å²) in [5.41, 5.74) is 4.35. The van der Waals surface area contributed by atoms with E-state index in [0.717, 1.165) is 38.9 Å². The van der Waals surface area contributed by atoms with Gasteiger partial charge in [-0.15, -0.1) is 5.10 Å². The van der Waals surface area contributed by atoms with Gasteiger partial charge in [-0.3, -0.25) is 9.69 Å². The van der Waals surface area contributed by atoms with Crippen LogP contribution in [0.2, 0.25) is 0 Å². The van der Waals surface area contributed by atoms with Crippen molar-refractivity contribution in [2.75, 3.05) is 26.2 Å². The Hall–Kier alpha value is -3.15. The molecule has 6 rings (SSSR count). The molecule has 0 saturated carbocycles. The molecule has 40 heavy (non-hydrogen) atoms. The fourth-order valence-corrected chi connectivity index (χ4v) is 7.80. The molecule has 2 atom stereocenters.